The van der Waals surface area contributed by atoms with Crippen LogP contribution in [0.25, 0.3) is 0 Å². The van der Waals surface area contributed by atoms with Crippen molar-refractivity contribution in [2.45, 2.75) is 13.0 Å². The maximum atomic E-state index is 13.1. The fraction of sp³-hybridized carbons (Fsp3) is 0.231. The highest BCUT2D eigenvalue weighted by molar-refractivity contribution is 5.94. The van der Waals surface area contributed by atoms with E-state index in [1.165, 1.54) is 6.07 Å². The number of carbonyl (C=O) groups is 1. The van der Waals surface area contributed by atoms with Gasteiger partial charge in [0, 0.05) is 18.5 Å². The summed E-state index contributed by atoms with van der Waals surface area (Å²) >= 11 is 0. The molecule has 0 saturated heterocycles. The second kappa shape index (κ2) is 4.46. The summed E-state index contributed by atoms with van der Waals surface area (Å²) in [7, 11) is 0. The van der Waals surface area contributed by atoms with Crippen LogP contribution in [-0.4, -0.2) is 27.3 Å². The molecule has 1 N–H and O–H groups in total. The number of amides is 1. The summed E-state index contributed by atoms with van der Waals surface area (Å²) in [5.74, 6) is -2.27. The van der Waals surface area contributed by atoms with Gasteiger partial charge in [0.25, 0.3) is 5.91 Å². The Labute approximate surface area is 108 Å². The molecule has 1 aliphatic rings. The molecular weight excluding hydrogens is 252 g/mol. The molecule has 0 saturated carbocycles. The predicted octanol–water partition coefficient (Wildman–Crippen LogP) is 1.89. The van der Waals surface area contributed by atoms with Crippen molar-refractivity contribution in [2.75, 3.05) is 6.54 Å². The van der Waals surface area contributed by atoms with Gasteiger partial charge in [-0.2, -0.15) is 0 Å². The minimum atomic E-state index is -1.01. The number of nitrogens with one attached hydrogen (secondary N) is 1. The van der Waals surface area contributed by atoms with Crippen LogP contribution >= 0.6 is 0 Å². The molecule has 1 aromatic carbocycles. The Hall–Kier alpha value is -2.24. The van der Waals surface area contributed by atoms with E-state index in [4.69, 9.17) is 0 Å². The molecule has 19 heavy (non-hydrogen) atoms. The number of aromatic nitrogens is 2. The van der Waals surface area contributed by atoms with Crippen LogP contribution in [0.5, 0.6) is 0 Å². The van der Waals surface area contributed by atoms with Crippen molar-refractivity contribution in [1.82, 2.24) is 14.9 Å². The fourth-order valence-electron chi connectivity index (χ4n) is 2.20. The molecule has 98 valence electrons. The average molecular weight is 263 g/mol. The van der Waals surface area contributed by atoms with Crippen LogP contribution in [0, 0.1) is 11.6 Å². The Morgan fingerprint density at radius 3 is 2.95 bits per heavy atom. The molecule has 0 spiro atoms. The number of aromatic amines is 1. The first-order valence-electron chi connectivity index (χ1n) is 5.90. The maximum absolute atomic E-state index is 13.1. The molecule has 2 heterocycles. The summed E-state index contributed by atoms with van der Waals surface area (Å²) in [6, 6.07) is 3.19. The van der Waals surface area contributed by atoms with E-state index < -0.39 is 11.6 Å². The number of carbonyl (C=O) groups excluding carboxylic acids is 1. The normalized spacial score (nSPS) is 14.3. The van der Waals surface area contributed by atoms with Crippen molar-refractivity contribution in [3.8, 4) is 0 Å². The second-order valence-corrected chi connectivity index (χ2v) is 4.43. The van der Waals surface area contributed by atoms with Crippen molar-refractivity contribution in [3.05, 3.63) is 53.1 Å². The lowest BCUT2D eigenvalue weighted by Gasteiger charge is -2.26. The van der Waals surface area contributed by atoms with Crippen molar-refractivity contribution >= 4 is 5.91 Å². The largest absolute Gasteiger partial charge is 0.347 e. The Bertz CT molecular complexity index is 639. The van der Waals surface area contributed by atoms with Gasteiger partial charge in [-0.15, -0.1) is 0 Å². The fourth-order valence-corrected chi connectivity index (χ4v) is 2.20. The van der Waals surface area contributed by atoms with E-state index in [2.05, 4.69) is 9.97 Å². The molecule has 1 aliphatic heterocycles. The molecule has 0 atom stereocenters. The third kappa shape index (κ3) is 2.09. The van der Waals surface area contributed by atoms with Gasteiger partial charge in [-0.3, -0.25) is 4.79 Å². The highest BCUT2D eigenvalue weighted by atomic mass is 19.2. The minimum absolute atomic E-state index is 0.155. The van der Waals surface area contributed by atoms with Gasteiger partial charge in [0.05, 0.1) is 24.3 Å². The molecule has 0 aliphatic carbocycles. The van der Waals surface area contributed by atoms with Gasteiger partial charge >= 0.3 is 0 Å². The molecular formula is C13H11F2N3O. The Morgan fingerprint density at radius 2 is 2.16 bits per heavy atom. The molecule has 0 fully saturated rings. The van der Waals surface area contributed by atoms with E-state index in [1.807, 2.05) is 0 Å². The van der Waals surface area contributed by atoms with Crippen molar-refractivity contribution in [3.63, 3.8) is 0 Å². The standard InChI is InChI=1S/C13H11F2N3O/c14-9-2-1-8(5-10(9)15)13(19)18-4-3-11-12(6-18)17-7-16-11/h1-2,5,7H,3-4,6H2,(H,16,17). The number of imidazole rings is 1. The third-order valence-corrected chi connectivity index (χ3v) is 3.23. The second-order valence-electron chi connectivity index (χ2n) is 4.43. The molecule has 0 unspecified atom stereocenters. The summed E-state index contributed by atoms with van der Waals surface area (Å²) in [4.78, 5) is 20.9. The molecule has 1 amide bonds. The molecule has 0 radical (unpaired) electrons. The van der Waals surface area contributed by atoms with Crippen molar-refractivity contribution < 1.29 is 13.6 Å². The highest BCUT2D eigenvalue weighted by Gasteiger charge is 2.23. The number of benzene rings is 1. The zero-order valence-electron chi connectivity index (χ0n) is 9.99. The summed E-state index contributed by atoms with van der Waals surface area (Å²) in [5.41, 5.74) is 2.00. The Balaban J connectivity index is 1.83. The zero-order valence-corrected chi connectivity index (χ0v) is 9.99. The number of rotatable bonds is 1. The smallest absolute Gasteiger partial charge is 0.254 e. The van der Waals surface area contributed by atoms with Crippen molar-refractivity contribution in [2.24, 2.45) is 0 Å². The van der Waals surface area contributed by atoms with E-state index in [-0.39, 0.29) is 11.5 Å². The average Bonchev–Trinajstić information content (AvgIpc) is 2.88. The van der Waals surface area contributed by atoms with Gasteiger partial charge in [0.1, 0.15) is 0 Å². The van der Waals surface area contributed by atoms with Crippen LogP contribution in [0.4, 0.5) is 8.78 Å². The minimum Gasteiger partial charge on any atom is -0.347 e. The quantitative estimate of drug-likeness (QED) is 0.854. The van der Waals surface area contributed by atoms with Gasteiger partial charge in [-0.25, -0.2) is 13.8 Å². The number of halogens is 2. The van der Waals surface area contributed by atoms with Gasteiger partial charge < -0.3 is 9.88 Å². The lowest BCUT2D eigenvalue weighted by Crippen LogP contribution is -2.36. The Kier molecular flexibility index (Phi) is 2.77. The summed E-state index contributed by atoms with van der Waals surface area (Å²) in [5, 5.41) is 0. The van der Waals surface area contributed by atoms with Crippen LogP contribution in [0.3, 0.4) is 0 Å². The zero-order chi connectivity index (χ0) is 13.4. The third-order valence-electron chi connectivity index (χ3n) is 3.23. The summed E-state index contributed by atoms with van der Waals surface area (Å²) < 4.78 is 26.0. The van der Waals surface area contributed by atoms with E-state index >= 15 is 0 Å². The van der Waals surface area contributed by atoms with Crippen LogP contribution in [0.2, 0.25) is 0 Å². The number of hydrogen-bond donors (Lipinski definition) is 1. The van der Waals surface area contributed by atoms with Crippen LogP contribution in [-0.2, 0) is 13.0 Å². The lowest BCUT2D eigenvalue weighted by molar-refractivity contribution is 0.0731. The topological polar surface area (TPSA) is 49.0 Å². The van der Waals surface area contributed by atoms with Gasteiger partial charge in [0.2, 0.25) is 0 Å². The number of fused-ring (bicyclic) bond motifs is 1. The first-order valence-corrected chi connectivity index (χ1v) is 5.90. The van der Waals surface area contributed by atoms with E-state index in [0.717, 1.165) is 23.5 Å². The first kappa shape index (κ1) is 11.8. The number of hydrogen-bond acceptors (Lipinski definition) is 2. The molecule has 2 aromatic rings. The molecule has 3 rings (SSSR count). The van der Waals surface area contributed by atoms with Crippen molar-refractivity contribution in [1.29, 1.82) is 0 Å². The van der Waals surface area contributed by atoms with Gasteiger partial charge in [-0.05, 0) is 18.2 Å². The maximum Gasteiger partial charge on any atom is 0.254 e. The van der Waals surface area contributed by atoms with E-state index in [0.29, 0.717) is 19.5 Å². The first-order chi connectivity index (χ1) is 9.15. The molecule has 4 nitrogen and oxygen atoms in total. The Morgan fingerprint density at radius 1 is 1.32 bits per heavy atom. The van der Waals surface area contributed by atoms with E-state index in [1.54, 1.807) is 11.2 Å². The molecule has 1 aromatic heterocycles. The highest BCUT2D eigenvalue weighted by Crippen LogP contribution is 2.18. The number of H-pyrrole nitrogens is 1. The van der Waals surface area contributed by atoms with Crippen LogP contribution in [0.15, 0.2) is 24.5 Å². The van der Waals surface area contributed by atoms with Crippen LogP contribution < -0.4 is 0 Å². The van der Waals surface area contributed by atoms with Crippen LogP contribution in [0.1, 0.15) is 21.7 Å². The molecule has 6 heteroatoms. The van der Waals surface area contributed by atoms with Gasteiger partial charge in [0.15, 0.2) is 11.6 Å². The van der Waals surface area contributed by atoms with E-state index in [9.17, 15) is 13.6 Å². The SMILES string of the molecule is O=C(c1ccc(F)c(F)c1)N1CCc2nc[nH]c2C1. The summed E-state index contributed by atoms with van der Waals surface area (Å²) in [6.07, 6.45) is 2.25. The lowest BCUT2D eigenvalue weighted by atomic mass is 10.1. The van der Waals surface area contributed by atoms with Gasteiger partial charge in [-0.1, -0.05) is 0 Å². The predicted molar refractivity (Wildman–Crippen MR) is 63.4 cm³/mol. The monoisotopic (exact) mass is 263 g/mol. The summed E-state index contributed by atoms with van der Waals surface area (Å²) in [6.45, 7) is 0.933. The number of nitrogens with zero attached hydrogens (tertiary/aromatic N) is 2. The molecule has 0 bridgehead atoms.